The second-order valence-corrected chi connectivity index (χ2v) is 12.8. The van der Waals surface area contributed by atoms with E-state index < -0.39 is 0 Å². The molecule has 13 heteroatoms. The number of anilines is 3. The number of pyridine rings is 1. The largest absolute Gasteiger partial charge is 0.501 e. The summed E-state index contributed by atoms with van der Waals surface area (Å²) in [7, 11) is 3.21. The van der Waals surface area contributed by atoms with Crippen molar-refractivity contribution in [1.82, 2.24) is 19.5 Å². The molecule has 2 N–H and O–H groups in total. The van der Waals surface area contributed by atoms with E-state index in [0.717, 1.165) is 60.3 Å². The molecule has 0 spiro atoms. The summed E-state index contributed by atoms with van der Waals surface area (Å²) in [6, 6.07) is 18.0. The van der Waals surface area contributed by atoms with Crippen molar-refractivity contribution in [2.75, 3.05) is 62.5 Å². The minimum absolute atomic E-state index is 0.266. The maximum Gasteiger partial charge on any atom is 0.247 e. The topological polar surface area (TPSA) is 121 Å². The van der Waals surface area contributed by atoms with Crippen LogP contribution in [0.1, 0.15) is 30.3 Å². The Hall–Kier alpha value is -5.46. The van der Waals surface area contributed by atoms with Crippen LogP contribution in [0, 0.1) is 0 Å². The fraction of sp³-hybridized carbons (Fsp3) is 0.289. The molecule has 1 saturated heterocycles. The van der Waals surface area contributed by atoms with Gasteiger partial charge < -0.3 is 29.9 Å². The number of nitrogens with zero attached hydrogens (tertiary/aromatic N) is 7. The number of guanidine groups is 1. The number of carbonyl (C=O) groups is 1. The highest BCUT2D eigenvalue weighted by Gasteiger charge is 2.23. The zero-order valence-corrected chi connectivity index (χ0v) is 29.7. The van der Waals surface area contributed by atoms with Crippen molar-refractivity contribution in [3.05, 3.63) is 118 Å². The van der Waals surface area contributed by atoms with E-state index in [1.54, 1.807) is 24.8 Å². The van der Waals surface area contributed by atoms with Crippen LogP contribution in [0.25, 0.3) is 11.2 Å². The first-order valence-electron chi connectivity index (χ1n) is 16.9. The van der Waals surface area contributed by atoms with Crippen LogP contribution >= 0.6 is 11.6 Å². The molecule has 51 heavy (non-hydrogen) atoms. The number of carbonyl (C=O) groups excluding carboxylic acids is 1. The third kappa shape index (κ3) is 7.24. The summed E-state index contributed by atoms with van der Waals surface area (Å²) in [6.45, 7) is 11.4. The highest BCUT2D eigenvalue weighted by Crippen LogP contribution is 2.33. The van der Waals surface area contributed by atoms with Crippen molar-refractivity contribution in [3.8, 4) is 0 Å². The van der Waals surface area contributed by atoms with Gasteiger partial charge >= 0.3 is 0 Å². The fourth-order valence-electron chi connectivity index (χ4n) is 6.45. The first-order valence-corrected chi connectivity index (χ1v) is 17.3. The van der Waals surface area contributed by atoms with Crippen molar-refractivity contribution in [2.45, 2.75) is 26.3 Å². The monoisotopic (exact) mass is 705 g/mol. The van der Waals surface area contributed by atoms with Gasteiger partial charge in [-0.15, -0.1) is 5.10 Å². The molecule has 7 rings (SSSR count). The number of aromatic nitrogens is 3. The van der Waals surface area contributed by atoms with Gasteiger partial charge in [-0.1, -0.05) is 37.2 Å². The van der Waals surface area contributed by atoms with Crippen LogP contribution in [-0.4, -0.2) is 78.3 Å². The predicted molar refractivity (Wildman–Crippen MR) is 200 cm³/mol. The molecule has 1 fully saturated rings. The molecular weight excluding hydrogens is 666 g/mol. The number of halogens is 1. The summed E-state index contributed by atoms with van der Waals surface area (Å²) in [5, 5.41) is 12.4. The van der Waals surface area contributed by atoms with E-state index in [-0.39, 0.29) is 5.91 Å². The van der Waals surface area contributed by atoms with E-state index in [1.165, 1.54) is 11.8 Å². The van der Waals surface area contributed by atoms with Gasteiger partial charge in [0.1, 0.15) is 11.5 Å². The number of piperazine rings is 1. The molecule has 1 aliphatic carbocycles. The van der Waals surface area contributed by atoms with Crippen molar-refractivity contribution >= 4 is 51.8 Å². The molecular formula is C38H40ClN9O3. The van der Waals surface area contributed by atoms with Crippen LogP contribution in [0.4, 0.5) is 17.1 Å². The van der Waals surface area contributed by atoms with Gasteiger partial charge in [0.05, 0.1) is 25.8 Å². The van der Waals surface area contributed by atoms with E-state index in [4.69, 9.17) is 41.1 Å². The summed E-state index contributed by atoms with van der Waals surface area (Å²) in [5.41, 5.74) is 6.71. The van der Waals surface area contributed by atoms with Gasteiger partial charge in [-0.2, -0.15) is 9.51 Å². The average Bonchev–Trinajstić information content (AvgIpc) is 3.60. The number of nitrogens with one attached hydrogen (secondary N) is 2. The number of allylic oxidation sites excluding steroid dienone is 3. The Bertz CT molecular complexity index is 2200. The van der Waals surface area contributed by atoms with E-state index in [2.05, 4.69) is 58.2 Å². The lowest BCUT2D eigenvalue weighted by molar-refractivity contribution is -0.111. The molecule has 0 atom stereocenters. The van der Waals surface area contributed by atoms with Crippen LogP contribution in [0.15, 0.2) is 99.9 Å². The molecule has 3 aliphatic rings. The number of fused-ring (bicyclic) bond motifs is 3. The van der Waals surface area contributed by atoms with Gasteiger partial charge in [-0.25, -0.2) is 9.98 Å². The van der Waals surface area contributed by atoms with Crippen LogP contribution in [0.2, 0.25) is 0 Å². The Labute approximate surface area is 301 Å². The molecule has 0 radical (unpaired) electrons. The molecule has 1 amide bonds. The lowest BCUT2D eigenvalue weighted by Gasteiger charge is -2.35. The van der Waals surface area contributed by atoms with Crippen molar-refractivity contribution in [3.63, 3.8) is 0 Å². The second-order valence-electron chi connectivity index (χ2n) is 12.4. The molecule has 262 valence electrons. The van der Waals surface area contributed by atoms with Gasteiger partial charge in [-0.3, -0.25) is 4.79 Å². The van der Waals surface area contributed by atoms with Crippen LogP contribution in [-0.2, 0) is 27.2 Å². The normalized spacial score (nSPS) is 17.3. The number of likely N-dealkylation sites (N-methyl/N-ethyl adjacent to an activating group) is 1. The number of benzene rings is 2. The number of aliphatic imine (C=N–C) groups is 1. The van der Waals surface area contributed by atoms with Gasteiger partial charge in [0.25, 0.3) is 0 Å². The smallest absolute Gasteiger partial charge is 0.247 e. The Morgan fingerprint density at radius 2 is 1.76 bits per heavy atom. The van der Waals surface area contributed by atoms with Crippen molar-refractivity contribution in [1.29, 1.82) is 0 Å². The highest BCUT2D eigenvalue weighted by atomic mass is 35.5. The molecule has 0 saturated carbocycles. The molecule has 12 nitrogen and oxygen atoms in total. The predicted octanol–water partition coefficient (Wildman–Crippen LogP) is 4.37. The summed E-state index contributed by atoms with van der Waals surface area (Å²) < 4.78 is 13.0. The molecule has 0 unspecified atom stereocenters. The van der Waals surface area contributed by atoms with E-state index >= 15 is 0 Å². The minimum Gasteiger partial charge on any atom is -0.501 e. The third-order valence-corrected chi connectivity index (χ3v) is 9.73. The Morgan fingerprint density at radius 3 is 2.45 bits per heavy atom. The van der Waals surface area contributed by atoms with Crippen LogP contribution in [0.3, 0.4) is 0 Å². The van der Waals surface area contributed by atoms with E-state index in [9.17, 15) is 4.79 Å². The number of hydrogen-bond acceptors (Lipinski definition) is 10. The number of amides is 1. The first kappa shape index (κ1) is 34.0. The third-order valence-electron chi connectivity index (χ3n) is 9.32. The second kappa shape index (κ2) is 14.8. The Morgan fingerprint density at radius 1 is 1.02 bits per heavy atom. The van der Waals surface area contributed by atoms with E-state index in [1.807, 2.05) is 30.3 Å². The summed E-state index contributed by atoms with van der Waals surface area (Å²) in [6.07, 6.45) is 3.95. The van der Waals surface area contributed by atoms with Crippen molar-refractivity contribution in [2.24, 2.45) is 9.98 Å². The van der Waals surface area contributed by atoms with Gasteiger partial charge in [0, 0.05) is 72.9 Å². The molecule has 2 aliphatic heterocycles. The summed E-state index contributed by atoms with van der Waals surface area (Å²) in [5.74, 6) is 2.05. The zero-order valence-electron chi connectivity index (χ0n) is 28.9. The van der Waals surface area contributed by atoms with Crippen LogP contribution < -0.4 is 26.2 Å². The molecule has 2 aromatic carbocycles. The van der Waals surface area contributed by atoms with Crippen molar-refractivity contribution < 1.29 is 14.3 Å². The SMILES string of the molecule is C=CC(=O)Nc1ccc(Cc2nc3c(=C4CC(OC)=CC(OC)=C4Cl)cc4c(n3n2)=NC(Nc2ccc(N3CCN(CC)CC3)cc2)=NC4)cc1. The lowest BCUT2D eigenvalue weighted by Crippen LogP contribution is -2.46. The van der Waals surface area contributed by atoms with Gasteiger partial charge in [0.15, 0.2) is 17.0 Å². The minimum atomic E-state index is -0.266. The number of ether oxygens (including phenoxy) is 2. The number of methoxy groups -OCH3 is 2. The quantitative estimate of drug-likeness (QED) is 0.247. The molecule has 0 bridgehead atoms. The molecule has 4 heterocycles. The summed E-state index contributed by atoms with van der Waals surface area (Å²) in [4.78, 5) is 31.4. The highest BCUT2D eigenvalue weighted by molar-refractivity contribution is 6.36. The Balaban J connectivity index is 1.24. The van der Waals surface area contributed by atoms with Gasteiger partial charge in [-0.05, 0) is 66.2 Å². The first-order chi connectivity index (χ1) is 24.8. The lowest BCUT2D eigenvalue weighted by atomic mass is 10.0. The van der Waals surface area contributed by atoms with E-state index in [0.29, 0.717) is 64.5 Å². The number of rotatable bonds is 9. The maximum atomic E-state index is 11.7. The summed E-state index contributed by atoms with van der Waals surface area (Å²) >= 11 is 6.93. The standard InChI is InChI=1S/C38H40ClN9O3/c1-5-34(49)41-26-9-7-24(8-10-26)19-33-43-37-31(30-21-29(50-3)22-32(51-4)35(30)39)20-25-23-40-38(44-36(25)48(37)45-33)42-27-11-13-28(14-12-27)47-17-15-46(6-2)16-18-47/h5,7-14,20,22H,1,6,15-19,21,23H2,2-4H3,(H,40,42)(H,41,49). The van der Waals surface area contributed by atoms with Crippen LogP contribution in [0.5, 0.6) is 0 Å². The fourth-order valence-corrected chi connectivity index (χ4v) is 6.76. The number of hydrogen-bond donors (Lipinski definition) is 2. The average molecular weight is 706 g/mol. The van der Waals surface area contributed by atoms with Gasteiger partial charge in [0.2, 0.25) is 11.9 Å². The maximum absolute atomic E-state index is 11.7. The molecule has 2 aromatic heterocycles. The Kier molecular flexibility index (Phi) is 9.87. The zero-order chi connectivity index (χ0) is 35.5. The molecule has 4 aromatic rings.